The highest BCUT2D eigenvalue weighted by atomic mass is 16.3. The predicted molar refractivity (Wildman–Crippen MR) is 62.7 cm³/mol. The van der Waals surface area contributed by atoms with Gasteiger partial charge >= 0.3 is 0 Å². The first-order chi connectivity index (χ1) is 6.91. The quantitative estimate of drug-likeness (QED) is 0.743. The van der Waals surface area contributed by atoms with Gasteiger partial charge in [-0.15, -0.1) is 0 Å². The van der Waals surface area contributed by atoms with Crippen molar-refractivity contribution in [2.45, 2.75) is 45.6 Å². The first-order valence-electron chi connectivity index (χ1n) is 5.71. The molecule has 15 heavy (non-hydrogen) atoms. The molecule has 0 bridgehead atoms. The second kappa shape index (κ2) is 3.34. The summed E-state index contributed by atoms with van der Waals surface area (Å²) in [4.78, 5) is 0. The van der Waals surface area contributed by atoms with Gasteiger partial charge in [0.05, 0.1) is 5.60 Å². The molecule has 0 saturated heterocycles. The van der Waals surface area contributed by atoms with Crippen molar-refractivity contribution in [3.05, 3.63) is 35.4 Å². The predicted octanol–water partition coefficient (Wildman–Crippen LogP) is 3.39. The summed E-state index contributed by atoms with van der Waals surface area (Å²) >= 11 is 0. The number of aliphatic hydroxyl groups is 1. The average Bonchev–Trinajstić information content (AvgIpc) is 2.42. The van der Waals surface area contributed by atoms with E-state index < -0.39 is 5.60 Å². The van der Waals surface area contributed by atoms with Gasteiger partial charge in [-0.3, -0.25) is 0 Å². The van der Waals surface area contributed by atoms with Crippen molar-refractivity contribution in [3.63, 3.8) is 0 Å². The van der Waals surface area contributed by atoms with E-state index in [9.17, 15) is 5.11 Å². The fraction of sp³-hybridized carbons (Fsp3) is 0.571. The molecule has 0 radical (unpaired) electrons. The lowest BCUT2D eigenvalue weighted by Gasteiger charge is -2.26. The van der Waals surface area contributed by atoms with Crippen LogP contribution in [0.4, 0.5) is 0 Å². The fourth-order valence-corrected chi connectivity index (χ4v) is 2.69. The molecule has 2 rings (SSSR count). The number of hydrogen-bond acceptors (Lipinski definition) is 1. The van der Waals surface area contributed by atoms with Gasteiger partial charge in [0.1, 0.15) is 0 Å². The van der Waals surface area contributed by atoms with Gasteiger partial charge in [0, 0.05) is 0 Å². The van der Waals surface area contributed by atoms with Crippen molar-refractivity contribution in [1.29, 1.82) is 0 Å². The smallest absolute Gasteiger partial charge is 0.0902 e. The lowest BCUT2D eigenvalue weighted by atomic mass is 9.85. The zero-order valence-electron chi connectivity index (χ0n) is 9.88. The molecular weight excluding hydrogens is 184 g/mol. The van der Waals surface area contributed by atoms with Gasteiger partial charge in [0.25, 0.3) is 0 Å². The Labute approximate surface area is 92.1 Å². The van der Waals surface area contributed by atoms with Crippen molar-refractivity contribution >= 4 is 0 Å². The highest BCUT2D eigenvalue weighted by Crippen LogP contribution is 2.48. The Morgan fingerprint density at radius 2 is 1.93 bits per heavy atom. The highest BCUT2D eigenvalue weighted by molar-refractivity contribution is 5.28. The van der Waals surface area contributed by atoms with Crippen LogP contribution < -0.4 is 0 Å². The molecule has 0 aromatic heterocycles. The first kappa shape index (κ1) is 10.7. The van der Waals surface area contributed by atoms with Gasteiger partial charge in [-0.05, 0) is 37.2 Å². The number of aryl methyl sites for hydroxylation is 1. The maximum Gasteiger partial charge on any atom is 0.0902 e. The van der Waals surface area contributed by atoms with E-state index in [2.05, 4.69) is 39.0 Å². The Balaban J connectivity index is 2.31. The van der Waals surface area contributed by atoms with Gasteiger partial charge in [-0.2, -0.15) is 0 Å². The zero-order valence-corrected chi connectivity index (χ0v) is 9.88. The van der Waals surface area contributed by atoms with E-state index in [0.717, 1.165) is 24.8 Å². The summed E-state index contributed by atoms with van der Waals surface area (Å²) < 4.78 is 0. The Morgan fingerprint density at radius 3 is 2.47 bits per heavy atom. The van der Waals surface area contributed by atoms with Gasteiger partial charge in [0.15, 0.2) is 0 Å². The van der Waals surface area contributed by atoms with Gasteiger partial charge in [-0.1, -0.05) is 43.7 Å². The molecule has 0 heterocycles. The van der Waals surface area contributed by atoms with Crippen molar-refractivity contribution in [3.8, 4) is 0 Å². The standard InChI is InChI=1S/C14H20O/c1-11-5-4-6-12(9-11)14(15)8-7-13(2,3)10-14/h4-6,9,15H,7-8,10H2,1-3H3/t14-/m1/s1. The molecule has 1 saturated carbocycles. The van der Waals surface area contributed by atoms with E-state index in [0.29, 0.717) is 0 Å². The van der Waals surface area contributed by atoms with Crippen LogP contribution in [0, 0.1) is 12.3 Å². The monoisotopic (exact) mass is 204 g/mol. The second-order valence-corrected chi connectivity index (χ2v) is 5.74. The van der Waals surface area contributed by atoms with Gasteiger partial charge < -0.3 is 5.11 Å². The highest BCUT2D eigenvalue weighted by Gasteiger charge is 2.42. The Morgan fingerprint density at radius 1 is 1.20 bits per heavy atom. The summed E-state index contributed by atoms with van der Waals surface area (Å²) in [5.41, 5.74) is 2.01. The summed E-state index contributed by atoms with van der Waals surface area (Å²) in [7, 11) is 0. The number of hydrogen-bond donors (Lipinski definition) is 1. The normalized spacial score (nSPS) is 29.3. The van der Waals surface area contributed by atoms with Crippen molar-refractivity contribution in [1.82, 2.24) is 0 Å². The molecule has 0 unspecified atom stereocenters. The molecule has 1 aliphatic carbocycles. The molecule has 1 heteroatoms. The molecule has 82 valence electrons. The van der Waals surface area contributed by atoms with E-state index in [1.165, 1.54) is 5.56 Å². The Hall–Kier alpha value is -0.820. The van der Waals surface area contributed by atoms with E-state index in [1.807, 2.05) is 6.07 Å². The average molecular weight is 204 g/mol. The topological polar surface area (TPSA) is 20.2 Å². The van der Waals surface area contributed by atoms with Crippen LogP contribution >= 0.6 is 0 Å². The van der Waals surface area contributed by atoms with Crippen LogP contribution in [0.3, 0.4) is 0 Å². The fourth-order valence-electron chi connectivity index (χ4n) is 2.69. The molecule has 1 atom stereocenters. The SMILES string of the molecule is Cc1cccc([C@@]2(O)CCC(C)(C)C2)c1. The van der Waals surface area contributed by atoms with Crippen LogP contribution in [-0.4, -0.2) is 5.11 Å². The lowest BCUT2D eigenvalue weighted by Crippen LogP contribution is -2.23. The van der Waals surface area contributed by atoms with Crippen LogP contribution in [0.5, 0.6) is 0 Å². The number of benzene rings is 1. The van der Waals surface area contributed by atoms with E-state index >= 15 is 0 Å². The Bertz CT molecular complexity index is 367. The number of rotatable bonds is 1. The molecule has 0 spiro atoms. The summed E-state index contributed by atoms with van der Waals surface area (Å²) in [6, 6.07) is 8.27. The molecule has 1 aliphatic rings. The molecule has 1 nitrogen and oxygen atoms in total. The van der Waals surface area contributed by atoms with Gasteiger partial charge in [0.2, 0.25) is 0 Å². The van der Waals surface area contributed by atoms with Crippen LogP contribution in [0.2, 0.25) is 0 Å². The minimum absolute atomic E-state index is 0.276. The molecule has 1 N–H and O–H groups in total. The maximum absolute atomic E-state index is 10.6. The van der Waals surface area contributed by atoms with Crippen molar-refractivity contribution in [2.24, 2.45) is 5.41 Å². The Kier molecular flexibility index (Phi) is 2.38. The summed E-state index contributed by atoms with van der Waals surface area (Å²) in [6.45, 7) is 6.55. The first-order valence-corrected chi connectivity index (χ1v) is 5.71. The summed E-state index contributed by atoms with van der Waals surface area (Å²) in [5, 5.41) is 10.6. The molecule has 1 aromatic rings. The van der Waals surface area contributed by atoms with E-state index in [1.54, 1.807) is 0 Å². The van der Waals surface area contributed by atoms with E-state index in [4.69, 9.17) is 0 Å². The summed E-state index contributed by atoms with van der Waals surface area (Å²) in [6.07, 6.45) is 2.88. The van der Waals surface area contributed by atoms with Crippen LogP contribution in [0.15, 0.2) is 24.3 Å². The minimum atomic E-state index is -0.588. The van der Waals surface area contributed by atoms with Crippen LogP contribution in [-0.2, 0) is 5.60 Å². The van der Waals surface area contributed by atoms with Gasteiger partial charge in [-0.25, -0.2) is 0 Å². The molecule has 0 aliphatic heterocycles. The molecule has 1 fully saturated rings. The molecule has 0 amide bonds. The third-order valence-electron chi connectivity index (χ3n) is 3.54. The van der Waals surface area contributed by atoms with Crippen molar-refractivity contribution in [2.75, 3.05) is 0 Å². The van der Waals surface area contributed by atoms with Crippen LogP contribution in [0.25, 0.3) is 0 Å². The largest absolute Gasteiger partial charge is 0.385 e. The van der Waals surface area contributed by atoms with E-state index in [-0.39, 0.29) is 5.41 Å². The third kappa shape index (κ3) is 2.07. The van der Waals surface area contributed by atoms with Crippen LogP contribution in [0.1, 0.15) is 44.2 Å². The maximum atomic E-state index is 10.6. The lowest BCUT2D eigenvalue weighted by molar-refractivity contribution is 0.0338. The molecular formula is C14H20O. The molecule has 1 aromatic carbocycles. The van der Waals surface area contributed by atoms with Crippen molar-refractivity contribution < 1.29 is 5.11 Å². The zero-order chi connectivity index (χ0) is 11.1. The summed E-state index contributed by atoms with van der Waals surface area (Å²) in [5.74, 6) is 0. The second-order valence-electron chi connectivity index (χ2n) is 5.74. The minimum Gasteiger partial charge on any atom is -0.385 e. The third-order valence-corrected chi connectivity index (χ3v) is 3.54.